The summed E-state index contributed by atoms with van der Waals surface area (Å²) in [5.74, 6) is 5.08. The number of allylic oxidation sites excluding steroid dienone is 1. The summed E-state index contributed by atoms with van der Waals surface area (Å²) in [6.45, 7) is 15.5. The maximum atomic E-state index is 6.15. The van der Waals surface area contributed by atoms with Gasteiger partial charge in [-0.2, -0.15) is 0 Å². The smallest absolute Gasteiger partial charge is 0.160 e. The summed E-state index contributed by atoms with van der Waals surface area (Å²) in [5, 5.41) is 0. The second-order valence-electron chi connectivity index (χ2n) is 18.6. The third kappa shape index (κ3) is 16.8. The third-order valence-electron chi connectivity index (χ3n) is 13.8. The zero-order valence-corrected chi connectivity index (χ0v) is 36.6. The minimum absolute atomic E-state index is 0.0199. The Morgan fingerprint density at radius 3 is 1.16 bits per heavy atom. The van der Waals surface area contributed by atoms with Crippen LogP contribution < -0.4 is 0 Å². The topological polar surface area (TPSA) is 73.8 Å². The molecule has 0 spiro atoms. The summed E-state index contributed by atoms with van der Waals surface area (Å²) in [7, 11) is 0. The SMILES string of the molecule is CC=CC1COC(CCC2COC(C3CCC(CCCC)CC3)OC2)OC1.CCCCCC1COC(CCC2COC(C3CCC(CCCC)CC3)OC2)OC1. The highest BCUT2D eigenvalue weighted by molar-refractivity contribution is 4.87. The normalized spacial score (nSPS) is 37.2. The summed E-state index contributed by atoms with van der Waals surface area (Å²) in [5.41, 5.74) is 0. The van der Waals surface area contributed by atoms with Gasteiger partial charge in [0.15, 0.2) is 25.2 Å². The van der Waals surface area contributed by atoms with Gasteiger partial charge in [-0.1, -0.05) is 90.7 Å². The monoisotopic (exact) mass is 791 g/mol. The van der Waals surface area contributed by atoms with Crippen molar-refractivity contribution in [1.82, 2.24) is 0 Å². The van der Waals surface area contributed by atoms with Gasteiger partial charge in [0.1, 0.15) is 0 Å². The Kier molecular flexibility index (Phi) is 22.7. The van der Waals surface area contributed by atoms with Gasteiger partial charge in [-0.3, -0.25) is 0 Å². The first-order chi connectivity index (χ1) is 27.6. The van der Waals surface area contributed by atoms with Crippen LogP contribution in [0.15, 0.2) is 12.2 Å². The molecule has 4 heterocycles. The molecule has 6 aliphatic rings. The number of unbranched alkanes of at least 4 members (excludes halogenated alkanes) is 4. The summed E-state index contributed by atoms with van der Waals surface area (Å²) < 4.78 is 48.1. The van der Waals surface area contributed by atoms with E-state index in [1.165, 1.54) is 116 Å². The fourth-order valence-corrected chi connectivity index (χ4v) is 9.93. The van der Waals surface area contributed by atoms with E-state index in [-0.39, 0.29) is 25.2 Å². The Bertz CT molecular complexity index is 977. The maximum Gasteiger partial charge on any atom is 0.160 e. The molecule has 8 nitrogen and oxygen atoms in total. The molecule has 0 unspecified atom stereocenters. The maximum absolute atomic E-state index is 6.15. The highest BCUT2D eigenvalue weighted by atomic mass is 16.7. The highest BCUT2D eigenvalue weighted by Crippen LogP contribution is 2.38. The second kappa shape index (κ2) is 27.3. The van der Waals surface area contributed by atoms with Crippen LogP contribution in [-0.2, 0) is 37.9 Å². The first kappa shape index (κ1) is 46.5. The summed E-state index contributed by atoms with van der Waals surface area (Å²) >= 11 is 0. The van der Waals surface area contributed by atoms with E-state index >= 15 is 0 Å². The fraction of sp³-hybridized carbons (Fsp3) is 0.958. The van der Waals surface area contributed by atoms with Crippen molar-refractivity contribution in [2.75, 3.05) is 52.9 Å². The van der Waals surface area contributed by atoms with Crippen molar-refractivity contribution >= 4 is 0 Å². The minimum atomic E-state index is -0.0531. The Hall–Kier alpha value is -0.580. The Balaban J connectivity index is 0.000000215. The first-order valence-electron chi connectivity index (χ1n) is 24.1. The highest BCUT2D eigenvalue weighted by Gasteiger charge is 2.34. The number of rotatable bonds is 19. The number of hydrogen-bond acceptors (Lipinski definition) is 8. The summed E-state index contributed by atoms with van der Waals surface area (Å²) in [4.78, 5) is 0. The van der Waals surface area contributed by atoms with Crippen molar-refractivity contribution in [3.63, 3.8) is 0 Å². The van der Waals surface area contributed by atoms with Gasteiger partial charge in [0.05, 0.1) is 52.9 Å². The quantitative estimate of drug-likeness (QED) is 0.0946. The zero-order valence-electron chi connectivity index (χ0n) is 36.6. The van der Waals surface area contributed by atoms with E-state index < -0.39 is 0 Å². The molecular formula is C48H86O8. The van der Waals surface area contributed by atoms with Crippen molar-refractivity contribution in [3.8, 4) is 0 Å². The molecule has 6 fully saturated rings. The molecule has 6 rings (SSSR count). The average molecular weight is 791 g/mol. The van der Waals surface area contributed by atoms with E-state index in [1.54, 1.807) is 0 Å². The van der Waals surface area contributed by atoms with Gasteiger partial charge < -0.3 is 37.9 Å². The molecule has 2 aliphatic carbocycles. The van der Waals surface area contributed by atoms with Crippen LogP contribution >= 0.6 is 0 Å². The largest absolute Gasteiger partial charge is 0.352 e. The van der Waals surface area contributed by atoms with E-state index in [1.807, 2.05) is 6.92 Å². The van der Waals surface area contributed by atoms with Crippen LogP contribution in [-0.4, -0.2) is 78.0 Å². The van der Waals surface area contributed by atoms with Crippen molar-refractivity contribution in [2.24, 2.45) is 47.3 Å². The fourth-order valence-electron chi connectivity index (χ4n) is 9.93. The van der Waals surface area contributed by atoms with E-state index in [0.717, 1.165) is 90.4 Å². The van der Waals surface area contributed by atoms with Crippen molar-refractivity contribution in [3.05, 3.63) is 12.2 Å². The minimum Gasteiger partial charge on any atom is -0.352 e. The number of ether oxygens (including phenoxy) is 8. The standard InChI is InChI=1S/C25H46O4.C23H40O4/c1-3-5-7-9-21-16-26-24(27-17-21)15-12-22-18-28-25(29-19-22)23-13-10-20(11-14-23)8-6-4-2;1-3-5-7-18-8-11-21(12-9-18)23-26-16-20(17-27-23)10-13-22-24-14-19(6-4-2)15-25-22/h20-25H,3-19H2,1-2H3;4,6,18-23H,3,5,7-17H2,1-2H3. The molecule has 0 aromatic carbocycles. The van der Waals surface area contributed by atoms with Gasteiger partial charge in [-0.05, 0) is 102 Å². The van der Waals surface area contributed by atoms with Crippen molar-refractivity contribution in [1.29, 1.82) is 0 Å². The van der Waals surface area contributed by atoms with Gasteiger partial charge in [0, 0.05) is 35.5 Å². The molecule has 0 aromatic rings. The van der Waals surface area contributed by atoms with Crippen molar-refractivity contribution in [2.45, 2.75) is 194 Å². The molecule has 0 bridgehead atoms. The summed E-state index contributed by atoms with van der Waals surface area (Å²) in [6, 6.07) is 0. The van der Waals surface area contributed by atoms with Gasteiger partial charge in [0.2, 0.25) is 0 Å². The lowest BCUT2D eigenvalue weighted by atomic mass is 9.79. The van der Waals surface area contributed by atoms with Gasteiger partial charge in [-0.15, -0.1) is 0 Å². The summed E-state index contributed by atoms with van der Waals surface area (Å²) in [6.07, 6.45) is 32.3. The molecule has 0 radical (unpaired) electrons. The van der Waals surface area contributed by atoms with Crippen LogP contribution in [0.3, 0.4) is 0 Å². The first-order valence-corrected chi connectivity index (χ1v) is 24.1. The predicted molar refractivity (Wildman–Crippen MR) is 224 cm³/mol. The molecule has 56 heavy (non-hydrogen) atoms. The lowest BCUT2D eigenvalue weighted by Crippen LogP contribution is -2.39. The number of hydrogen-bond donors (Lipinski definition) is 0. The van der Waals surface area contributed by atoms with Crippen molar-refractivity contribution < 1.29 is 37.9 Å². The zero-order chi connectivity index (χ0) is 39.2. The molecule has 0 aromatic heterocycles. The van der Waals surface area contributed by atoms with Gasteiger partial charge in [0.25, 0.3) is 0 Å². The van der Waals surface area contributed by atoms with Crippen LogP contribution in [0, 0.1) is 47.3 Å². The van der Waals surface area contributed by atoms with Crippen LogP contribution in [0.2, 0.25) is 0 Å². The molecule has 4 saturated heterocycles. The van der Waals surface area contributed by atoms with Crippen LogP contribution in [0.25, 0.3) is 0 Å². The van der Waals surface area contributed by atoms with Crippen LogP contribution in [0.5, 0.6) is 0 Å². The average Bonchev–Trinajstić information content (AvgIpc) is 3.25. The molecule has 326 valence electrons. The molecule has 2 saturated carbocycles. The third-order valence-corrected chi connectivity index (χ3v) is 13.8. The predicted octanol–water partition coefficient (Wildman–Crippen LogP) is 11.6. The van der Waals surface area contributed by atoms with E-state index in [4.69, 9.17) is 37.9 Å². The van der Waals surface area contributed by atoms with Crippen LogP contribution in [0.4, 0.5) is 0 Å². The lowest BCUT2D eigenvalue weighted by molar-refractivity contribution is -0.236. The lowest BCUT2D eigenvalue weighted by Gasteiger charge is -2.38. The van der Waals surface area contributed by atoms with Gasteiger partial charge in [-0.25, -0.2) is 0 Å². The van der Waals surface area contributed by atoms with E-state index in [0.29, 0.717) is 35.5 Å². The second-order valence-corrected chi connectivity index (χ2v) is 18.6. The van der Waals surface area contributed by atoms with Gasteiger partial charge >= 0.3 is 0 Å². The Morgan fingerprint density at radius 1 is 0.375 bits per heavy atom. The molecule has 0 N–H and O–H groups in total. The van der Waals surface area contributed by atoms with E-state index in [2.05, 4.69) is 32.9 Å². The Morgan fingerprint density at radius 2 is 0.750 bits per heavy atom. The Labute approximate surface area is 343 Å². The van der Waals surface area contributed by atoms with Crippen LogP contribution in [0.1, 0.15) is 169 Å². The molecule has 4 aliphatic heterocycles. The molecule has 0 amide bonds. The molecular weight excluding hydrogens is 705 g/mol. The van der Waals surface area contributed by atoms with E-state index in [9.17, 15) is 0 Å². The molecule has 8 heteroatoms. The molecule has 0 atom stereocenters.